The second kappa shape index (κ2) is 7.36. The van der Waals surface area contributed by atoms with Crippen LogP contribution in [-0.4, -0.2) is 29.0 Å². The third-order valence-electron chi connectivity index (χ3n) is 2.79. The van der Waals surface area contributed by atoms with E-state index in [4.69, 9.17) is 0 Å². The van der Waals surface area contributed by atoms with Crippen molar-refractivity contribution in [2.24, 2.45) is 0 Å². The molecule has 1 aromatic rings. The van der Waals surface area contributed by atoms with Gasteiger partial charge in [-0.15, -0.1) is 0 Å². The first-order valence-electron chi connectivity index (χ1n) is 6.14. The number of rotatable bonds is 6. The zero-order valence-corrected chi connectivity index (χ0v) is 12.4. The summed E-state index contributed by atoms with van der Waals surface area (Å²) in [6, 6.07) is 3.20. The van der Waals surface area contributed by atoms with Gasteiger partial charge < -0.3 is 9.47 Å². The molecule has 0 bridgehead atoms. The molecule has 0 aromatic carbocycles. The first-order valence-corrected chi connectivity index (χ1v) is 6.94. The summed E-state index contributed by atoms with van der Waals surface area (Å²) in [4.78, 5) is 25.1. The number of nitrogens with zero attached hydrogens (tertiary/aromatic N) is 2. The van der Waals surface area contributed by atoms with Crippen LogP contribution in [0.25, 0.3) is 0 Å². The number of halogens is 1. The molecule has 4 nitrogen and oxygen atoms in total. The van der Waals surface area contributed by atoms with Crippen molar-refractivity contribution >= 4 is 21.8 Å². The number of pyridine rings is 1. The van der Waals surface area contributed by atoms with Gasteiger partial charge in [-0.3, -0.25) is 9.59 Å². The Morgan fingerprint density at radius 1 is 1.44 bits per heavy atom. The lowest BCUT2D eigenvalue weighted by Gasteiger charge is -2.17. The molecular formula is C13H19BrN2O2. The number of hydrogen-bond donors (Lipinski definition) is 0. The van der Waals surface area contributed by atoms with Gasteiger partial charge in [0.05, 0.1) is 0 Å². The van der Waals surface area contributed by atoms with E-state index in [0.29, 0.717) is 13.0 Å². The van der Waals surface area contributed by atoms with Gasteiger partial charge in [0, 0.05) is 43.3 Å². The lowest BCUT2D eigenvalue weighted by molar-refractivity contribution is -0.130. The Bertz CT molecular complexity index is 457. The molecule has 1 rings (SSSR count). The Morgan fingerprint density at radius 2 is 2.17 bits per heavy atom. The van der Waals surface area contributed by atoms with Crippen molar-refractivity contribution in [3.05, 3.63) is 33.2 Å². The lowest BCUT2D eigenvalue weighted by atomic mass is 10.3. The summed E-state index contributed by atoms with van der Waals surface area (Å²) in [5, 5.41) is 0. The van der Waals surface area contributed by atoms with Gasteiger partial charge in [0.2, 0.25) is 5.91 Å². The van der Waals surface area contributed by atoms with Crippen molar-refractivity contribution in [2.75, 3.05) is 13.6 Å². The largest absolute Gasteiger partial charge is 0.346 e. The van der Waals surface area contributed by atoms with E-state index < -0.39 is 0 Å². The fourth-order valence-electron chi connectivity index (χ4n) is 1.60. The highest BCUT2D eigenvalue weighted by Gasteiger charge is 2.08. The highest BCUT2D eigenvalue weighted by molar-refractivity contribution is 9.10. The lowest BCUT2D eigenvalue weighted by Crippen LogP contribution is -2.29. The fraction of sp³-hybridized carbons (Fsp3) is 0.538. The molecule has 0 fully saturated rings. The average molecular weight is 315 g/mol. The first-order chi connectivity index (χ1) is 8.54. The van der Waals surface area contributed by atoms with Crippen molar-refractivity contribution in [3.8, 4) is 0 Å². The fourth-order valence-corrected chi connectivity index (χ4v) is 1.98. The Labute approximate surface area is 116 Å². The molecule has 5 heteroatoms. The highest BCUT2D eigenvalue weighted by Crippen LogP contribution is 2.05. The van der Waals surface area contributed by atoms with Gasteiger partial charge in [-0.2, -0.15) is 0 Å². The maximum Gasteiger partial charge on any atom is 0.250 e. The molecule has 0 radical (unpaired) electrons. The molecule has 0 aliphatic carbocycles. The van der Waals surface area contributed by atoms with E-state index in [9.17, 15) is 9.59 Å². The summed E-state index contributed by atoms with van der Waals surface area (Å²) in [5.74, 6) is 0.0790. The van der Waals surface area contributed by atoms with Gasteiger partial charge in [0.15, 0.2) is 0 Å². The monoisotopic (exact) mass is 314 g/mol. The minimum Gasteiger partial charge on any atom is -0.346 e. The zero-order valence-electron chi connectivity index (χ0n) is 10.9. The van der Waals surface area contributed by atoms with E-state index in [1.54, 1.807) is 21.7 Å². The van der Waals surface area contributed by atoms with Crippen molar-refractivity contribution < 1.29 is 4.79 Å². The Kier molecular flexibility index (Phi) is 6.12. The third kappa shape index (κ3) is 4.64. The molecule has 1 heterocycles. The molecule has 0 saturated carbocycles. The maximum absolute atomic E-state index is 11.8. The summed E-state index contributed by atoms with van der Waals surface area (Å²) >= 11 is 3.31. The summed E-state index contributed by atoms with van der Waals surface area (Å²) in [5.41, 5.74) is -0.0813. The quantitative estimate of drug-likeness (QED) is 0.808. The number of aromatic nitrogens is 1. The molecule has 0 saturated heterocycles. The predicted molar refractivity (Wildman–Crippen MR) is 75.6 cm³/mol. The maximum atomic E-state index is 11.8. The molecule has 0 unspecified atom stereocenters. The van der Waals surface area contributed by atoms with Crippen LogP contribution in [0.4, 0.5) is 0 Å². The molecule has 1 amide bonds. The molecule has 18 heavy (non-hydrogen) atoms. The minimum atomic E-state index is -0.0813. The van der Waals surface area contributed by atoms with E-state index in [1.165, 1.54) is 6.07 Å². The van der Waals surface area contributed by atoms with Gasteiger partial charge in [0.1, 0.15) is 0 Å². The summed E-state index contributed by atoms with van der Waals surface area (Å²) in [6.07, 6.45) is 4.15. The van der Waals surface area contributed by atoms with Gasteiger partial charge in [-0.25, -0.2) is 0 Å². The van der Waals surface area contributed by atoms with Crippen molar-refractivity contribution in [3.63, 3.8) is 0 Å². The summed E-state index contributed by atoms with van der Waals surface area (Å²) in [6.45, 7) is 3.30. The van der Waals surface area contributed by atoms with Crippen molar-refractivity contribution in [1.29, 1.82) is 0 Å². The number of hydrogen-bond acceptors (Lipinski definition) is 2. The molecular weight excluding hydrogens is 296 g/mol. The normalized spacial score (nSPS) is 10.4. The van der Waals surface area contributed by atoms with Gasteiger partial charge in [-0.1, -0.05) is 13.3 Å². The molecule has 1 aromatic heterocycles. The Morgan fingerprint density at radius 3 is 2.83 bits per heavy atom. The highest BCUT2D eigenvalue weighted by atomic mass is 79.9. The van der Waals surface area contributed by atoms with Crippen LogP contribution in [0, 0.1) is 0 Å². The Balaban J connectivity index is 2.52. The van der Waals surface area contributed by atoms with Crippen LogP contribution >= 0.6 is 15.9 Å². The molecule has 100 valence electrons. The van der Waals surface area contributed by atoms with E-state index >= 15 is 0 Å². The number of carbonyl (C=O) groups is 1. The van der Waals surface area contributed by atoms with E-state index in [-0.39, 0.29) is 11.5 Å². The molecule has 0 aliphatic heterocycles. The van der Waals surface area contributed by atoms with Crippen LogP contribution in [0.3, 0.4) is 0 Å². The van der Waals surface area contributed by atoms with Crippen LogP contribution in [-0.2, 0) is 11.3 Å². The van der Waals surface area contributed by atoms with Crippen LogP contribution in [0.5, 0.6) is 0 Å². The van der Waals surface area contributed by atoms with Crippen LogP contribution in [0.15, 0.2) is 27.6 Å². The summed E-state index contributed by atoms with van der Waals surface area (Å²) < 4.78 is 2.39. The van der Waals surface area contributed by atoms with Gasteiger partial charge >= 0.3 is 0 Å². The molecule has 0 aliphatic rings. The molecule has 0 N–H and O–H groups in total. The number of carbonyl (C=O) groups excluding carboxylic acids is 1. The van der Waals surface area contributed by atoms with Crippen molar-refractivity contribution in [2.45, 2.75) is 32.7 Å². The van der Waals surface area contributed by atoms with Gasteiger partial charge in [-0.05, 0) is 28.4 Å². The Hall–Kier alpha value is -1.10. The SMILES string of the molecule is CCCCN(C)C(=O)CCn1cc(Br)ccc1=O. The van der Waals surface area contributed by atoms with E-state index in [0.717, 1.165) is 23.9 Å². The second-order valence-corrected chi connectivity index (χ2v) is 5.21. The van der Waals surface area contributed by atoms with Crippen LogP contribution < -0.4 is 5.56 Å². The smallest absolute Gasteiger partial charge is 0.250 e. The predicted octanol–water partition coefficient (Wildman–Crippen LogP) is 2.26. The van der Waals surface area contributed by atoms with Crippen molar-refractivity contribution in [1.82, 2.24) is 9.47 Å². The first kappa shape index (κ1) is 15.0. The number of amides is 1. The number of unbranched alkanes of at least 4 members (excludes halogenated alkanes) is 1. The third-order valence-corrected chi connectivity index (χ3v) is 3.26. The average Bonchev–Trinajstić information content (AvgIpc) is 2.36. The minimum absolute atomic E-state index is 0.0790. The van der Waals surface area contributed by atoms with Crippen LogP contribution in [0.1, 0.15) is 26.2 Å². The van der Waals surface area contributed by atoms with Gasteiger partial charge in [0.25, 0.3) is 5.56 Å². The van der Waals surface area contributed by atoms with Crippen LogP contribution in [0.2, 0.25) is 0 Å². The van der Waals surface area contributed by atoms with E-state index in [2.05, 4.69) is 22.9 Å². The number of aryl methyl sites for hydroxylation is 1. The standard InChI is InChI=1S/C13H19BrN2O2/c1-3-4-8-15(2)12(17)7-9-16-10-11(14)5-6-13(16)18/h5-6,10H,3-4,7-9H2,1-2H3. The molecule has 0 spiro atoms. The molecule has 0 atom stereocenters. The zero-order chi connectivity index (χ0) is 13.5. The van der Waals surface area contributed by atoms with E-state index in [1.807, 2.05) is 7.05 Å². The second-order valence-electron chi connectivity index (χ2n) is 4.30. The summed E-state index contributed by atoms with van der Waals surface area (Å²) in [7, 11) is 1.81. The topological polar surface area (TPSA) is 42.3 Å².